The molecule has 1 aromatic heterocycles. The maximum absolute atomic E-state index is 11.8. The van der Waals surface area contributed by atoms with Gasteiger partial charge in [-0.2, -0.15) is 5.10 Å². The summed E-state index contributed by atoms with van der Waals surface area (Å²) < 4.78 is 5.44. The molecule has 1 fully saturated rings. The van der Waals surface area contributed by atoms with E-state index in [-0.39, 0.29) is 5.91 Å². The molecule has 0 spiro atoms. The third kappa shape index (κ3) is 2.18. The number of hydrogen-bond acceptors (Lipinski definition) is 3. The van der Waals surface area contributed by atoms with Crippen molar-refractivity contribution in [1.29, 1.82) is 0 Å². The van der Waals surface area contributed by atoms with E-state index in [1.165, 1.54) is 0 Å². The van der Waals surface area contributed by atoms with Crippen LogP contribution in [0.5, 0.6) is 0 Å². The number of nitrogens with one attached hydrogen (secondary N) is 2. The van der Waals surface area contributed by atoms with Crippen LogP contribution in [-0.2, 0) is 16.1 Å². The van der Waals surface area contributed by atoms with Gasteiger partial charge in [0.1, 0.15) is 5.60 Å². The smallest absolute Gasteiger partial charge is 0.252 e. The van der Waals surface area contributed by atoms with Crippen LogP contribution >= 0.6 is 0 Å². The van der Waals surface area contributed by atoms with E-state index in [9.17, 15) is 4.79 Å². The molecule has 5 heteroatoms. The van der Waals surface area contributed by atoms with Crippen molar-refractivity contribution in [2.45, 2.75) is 31.9 Å². The third-order valence-corrected chi connectivity index (χ3v) is 2.71. The predicted octanol–water partition coefficient (Wildman–Crippen LogP) is 0.595. The molecule has 82 valence electrons. The lowest BCUT2D eigenvalue weighted by Gasteiger charge is -2.21. The summed E-state index contributed by atoms with van der Waals surface area (Å²) in [7, 11) is 0. The molecule has 0 bridgehead atoms. The molecule has 0 saturated carbocycles. The fraction of sp³-hybridized carbons (Fsp3) is 0.600. The van der Waals surface area contributed by atoms with Crippen molar-refractivity contribution in [3.05, 3.63) is 18.0 Å². The van der Waals surface area contributed by atoms with Crippen LogP contribution in [0.2, 0.25) is 0 Å². The van der Waals surface area contributed by atoms with Gasteiger partial charge in [-0.1, -0.05) is 0 Å². The molecule has 1 saturated heterocycles. The molecule has 2 heterocycles. The van der Waals surface area contributed by atoms with Crippen LogP contribution < -0.4 is 5.32 Å². The fourth-order valence-electron chi connectivity index (χ4n) is 1.70. The normalized spacial score (nSPS) is 25.4. The summed E-state index contributed by atoms with van der Waals surface area (Å²) in [5.41, 5.74) is 0.328. The topological polar surface area (TPSA) is 67.0 Å². The minimum atomic E-state index is -0.635. The van der Waals surface area contributed by atoms with Gasteiger partial charge in [0.2, 0.25) is 0 Å². The lowest BCUT2D eigenvalue weighted by molar-refractivity contribution is -0.139. The third-order valence-electron chi connectivity index (χ3n) is 2.71. The van der Waals surface area contributed by atoms with Gasteiger partial charge in [0.25, 0.3) is 5.91 Å². The Morgan fingerprint density at radius 3 is 3.27 bits per heavy atom. The van der Waals surface area contributed by atoms with Crippen LogP contribution in [0.1, 0.15) is 25.3 Å². The molecule has 1 atom stereocenters. The van der Waals surface area contributed by atoms with E-state index in [0.29, 0.717) is 13.2 Å². The molecule has 0 aromatic carbocycles. The molecule has 1 amide bonds. The average Bonchev–Trinajstić information content (AvgIpc) is 2.85. The van der Waals surface area contributed by atoms with E-state index in [2.05, 4.69) is 15.5 Å². The van der Waals surface area contributed by atoms with Gasteiger partial charge in [-0.15, -0.1) is 0 Å². The summed E-state index contributed by atoms with van der Waals surface area (Å²) in [5, 5.41) is 9.35. The Balaban J connectivity index is 1.87. The van der Waals surface area contributed by atoms with E-state index in [1.54, 1.807) is 12.4 Å². The maximum Gasteiger partial charge on any atom is 0.252 e. The Bertz CT molecular complexity index is 328. The highest BCUT2D eigenvalue weighted by molar-refractivity contribution is 5.84. The molecular formula is C10H15N3O2. The summed E-state index contributed by atoms with van der Waals surface area (Å²) in [5.74, 6) is -0.0406. The van der Waals surface area contributed by atoms with Crippen molar-refractivity contribution < 1.29 is 9.53 Å². The monoisotopic (exact) mass is 209 g/mol. The summed E-state index contributed by atoms with van der Waals surface area (Å²) in [6, 6.07) is 0. The zero-order valence-electron chi connectivity index (χ0n) is 8.75. The summed E-state index contributed by atoms with van der Waals surface area (Å²) >= 11 is 0. The zero-order chi connectivity index (χ0) is 10.7. The first kappa shape index (κ1) is 10.2. The molecule has 0 aliphatic carbocycles. The fourth-order valence-corrected chi connectivity index (χ4v) is 1.70. The summed E-state index contributed by atoms with van der Waals surface area (Å²) in [6.45, 7) is 3.01. The summed E-state index contributed by atoms with van der Waals surface area (Å²) in [6.07, 6.45) is 5.20. The molecule has 1 unspecified atom stereocenters. The number of aromatic amines is 1. The van der Waals surface area contributed by atoms with Crippen molar-refractivity contribution in [3.8, 4) is 0 Å². The van der Waals surface area contributed by atoms with Crippen molar-refractivity contribution in [3.63, 3.8) is 0 Å². The first-order valence-corrected chi connectivity index (χ1v) is 5.11. The Morgan fingerprint density at radius 2 is 2.67 bits per heavy atom. The van der Waals surface area contributed by atoms with E-state index < -0.39 is 5.60 Å². The summed E-state index contributed by atoms with van der Waals surface area (Å²) in [4.78, 5) is 11.8. The zero-order valence-corrected chi connectivity index (χ0v) is 8.75. The number of rotatable bonds is 3. The predicted molar refractivity (Wildman–Crippen MR) is 54.0 cm³/mol. The Kier molecular flexibility index (Phi) is 2.73. The number of hydrogen-bond donors (Lipinski definition) is 2. The number of nitrogens with zero attached hydrogens (tertiary/aromatic N) is 1. The van der Waals surface area contributed by atoms with Gasteiger partial charge in [-0.05, 0) is 19.8 Å². The van der Waals surface area contributed by atoms with E-state index in [4.69, 9.17) is 4.74 Å². The van der Waals surface area contributed by atoms with Gasteiger partial charge in [-0.25, -0.2) is 0 Å². The SMILES string of the molecule is CC1(C(=O)NCc2cn[nH]c2)CCCO1. The van der Waals surface area contributed by atoms with Crippen molar-refractivity contribution >= 4 is 5.91 Å². The number of amides is 1. The van der Waals surface area contributed by atoms with Gasteiger partial charge >= 0.3 is 0 Å². The quantitative estimate of drug-likeness (QED) is 0.765. The molecule has 1 aliphatic heterocycles. The Hall–Kier alpha value is -1.36. The van der Waals surface area contributed by atoms with Crippen LogP contribution in [0.3, 0.4) is 0 Å². The minimum Gasteiger partial charge on any atom is -0.365 e. The molecule has 0 radical (unpaired) electrons. The molecule has 15 heavy (non-hydrogen) atoms. The largest absolute Gasteiger partial charge is 0.365 e. The van der Waals surface area contributed by atoms with Gasteiger partial charge in [-0.3, -0.25) is 9.89 Å². The Labute approximate surface area is 88.2 Å². The average molecular weight is 209 g/mol. The second kappa shape index (κ2) is 4.02. The van der Waals surface area contributed by atoms with E-state index in [0.717, 1.165) is 18.4 Å². The van der Waals surface area contributed by atoms with Crippen LogP contribution in [-0.4, -0.2) is 28.3 Å². The molecule has 2 N–H and O–H groups in total. The maximum atomic E-state index is 11.8. The van der Waals surface area contributed by atoms with Gasteiger partial charge in [0.05, 0.1) is 6.20 Å². The number of ether oxygens (including phenoxy) is 1. The van der Waals surface area contributed by atoms with Crippen molar-refractivity contribution in [2.75, 3.05) is 6.61 Å². The standard InChI is InChI=1S/C10H15N3O2/c1-10(3-2-4-15-10)9(14)11-5-8-6-12-13-7-8/h6-7H,2-5H2,1H3,(H,11,14)(H,12,13). The molecule has 5 nitrogen and oxygen atoms in total. The highest BCUT2D eigenvalue weighted by Gasteiger charge is 2.37. The lowest BCUT2D eigenvalue weighted by Crippen LogP contribution is -2.43. The number of aromatic nitrogens is 2. The van der Waals surface area contributed by atoms with Crippen LogP contribution in [0, 0.1) is 0 Å². The van der Waals surface area contributed by atoms with Gasteiger partial charge in [0.15, 0.2) is 0 Å². The molecule has 1 aliphatic rings. The van der Waals surface area contributed by atoms with Crippen LogP contribution in [0.15, 0.2) is 12.4 Å². The second-order valence-electron chi connectivity index (χ2n) is 3.97. The minimum absolute atomic E-state index is 0.0406. The van der Waals surface area contributed by atoms with Crippen molar-refractivity contribution in [2.24, 2.45) is 0 Å². The first-order valence-electron chi connectivity index (χ1n) is 5.11. The number of H-pyrrole nitrogens is 1. The molecule has 2 rings (SSSR count). The first-order chi connectivity index (χ1) is 7.21. The molecule has 1 aromatic rings. The van der Waals surface area contributed by atoms with Crippen LogP contribution in [0.25, 0.3) is 0 Å². The highest BCUT2D eigenvalue weighted by atomic mass is 16.5. The molecular weight excluding hydrogens is 194 g/mol. The Morgan fingerprint density at radius 1 is 1.80 bits per heavy atom. The second-order valence-corrected chi connectivity index (χ2v) is 3.97. The van der Waals surface area contributed by atoms with E-state index >= 15 is 0 Å². The van der Waals surface area contributed by atoms with Crippen molar-refractivity contribution in [1.82, 2.24) is 15.5 Å². The van der Waals surface area contributed by atoms with E-state index in [1.807, 2.05) is 6.92 Å². The number of carbonyl (C=O) groups excluding carboxylic acids is 1. The highest BCUT2D eigenvalue weighted by Crippen LogP contribution is 2.24. The lowest BCUT2D eigenvalue weighted by atomic mass is 10.0. The van der Waals surface area contributed by atoms with Gasteiger partial charge < -0.3 is 10.1 Å². The van der Waals surface area contributed by atoms with Crippen LogP contribution in [0.4, 0.5) is 0 Å². The van der Waals surface area contributed by atoms with Gasteiger partial charge in [0, 0.05) is 24.9 Å². The number of carbonyl (C=O) groups is 1.